The van der Waals surface area contributed by atoms with E-state index in [1.54, 1.807) is 9.58 Å². The van der Waals surface area contributed by atoms with Crippen LogP contribution in [0.4, 0.5) is 4.79 Å². The number of amides is 1. The first kappa shape index (κ1) is 29.0. The van der Waals surface area contributed by atoms with Crippen molar-refractivity contribution < 1.29 is 19.4 Å². The molecule has 2 atom stereocenters. The Morgan fingerprint density at radius 1 is 0.930 bits per heavy atom. The summed E-state index contributed by atoms with van der Waals surface area (Å²) in [6, 6.07) is 21.0. The van der Waals surface area contributed by atoms with Crippen molar-refractivity contribution in [2.75, 3.05) is 58.8 Å². The van der Waals surface area contributed by atoms with E-state index in [0.717, 1.165) is 65.0 Å². The number of aryl methyl sites for hydroxylation is 2. The molecule has 4 aromatic rings. The molecule has 1 saturated heterocycles. The average molecular weight is 584 g/mol. The van der Waals surface area contributed by atoms with E-state index in [1.165, 1.54) is 0 Å². The van der Waals surface area contributed by atoms with Gasteiger partial charge in [0.05, 0.1) is 11.2 Å². The number of aromatic nitrogens is 1. The molecule has 0 bridgehead atoms. The number of nitrogen functional groups attached to an aromatic ring is 1. The molecule has 3 heterocycles. The number of rotatable bonds is 7. The Kier molecular flexibility index (Phi) is 8.30. The van der Waals surface area contributed by atoms with Gasteiger partial charge >= 0.3 is 6.09 Å². The maximum absolute atomic E-state index is 13.6. The number of hydrogen-bond donors (Lipinski definition) is 2. The van der Waals surface area contributed by atoms with Crippen molar-refractivity contribution in [1.82, 2.24) is 19.4 Å². The largest absolute Gasteiger partial charge is 0.491 e. The quantitative estimate of drug-likeness (QED) is 0.316. The second-order valence-electron chi connectivity index (χ2n) is 11.9. The van der Waals surface area contributed by atoms with Crippen LogP contribution in [-0.2, 0) is 6.42 Å². The standard InChI is InChI=1S/C34H41N5O4/c1-23-4-9-28(10-5-23)43-34(41)38-15-14-29-30-20-24(2)6-13-31(30)39(35)33(29)32(38)25-7-11-27(12-8-25)42-22-26(40)21-37-18-16-36(3)17-19-37/h4-13,20,26,32,40H,14-19,21-22,35H2,1-3H3. The second kappa shape index (κ2) is 12.3. The van der Waals surface area contributed by atoms with Gasteiger partial charge in [0.1, 0.15) is 30.3 Å². The van der Waals surface area contributed by atoms with Crippen LogP contribution in [0.15, 0.2) is 66.7 Å². The Bertz CT molecular complexity index is 1580. The first-order valence-corrected chi connectivity index (χ1v) is 15.0. The molecular weight excluding hydrogens is 542 g/mol. The molecule has 6 rings (SSSR count). The summed E-state index contributed by atoms with van der Waals surface area (Å²) in [5, 5.41) is 11.7. The number of piperazine rings is 1. The van der Waals surface area contributed by atoms with Crippen LogP contribution in [0, 0.1) is 13.8 Å². The van der Waals surface area contributed by atoms with Gasteiger partial charge in [-0.1, -0.05) is 41.5 Å². The number of β-amino-alcohol motifs (C(OH)–C–C–N with tert-alkyl or cyclic N) is 1. The summed E-state index contributed by atoms with van der Waals surface area (Å²) in [5.74, 6) is 7.91. The monoisotopic (exact) mass is 583 g/mol. The number of carbonyl (C=O) groups is 1. The lowest BCUT2D eigenvalue weighted by atomic mass is 9.92. The van der Waals surface area contributed by atoms with Crippen molar-refractivity contribution in [3.8, 4) is 11.5 Å². The molecule has 1 fully saturated rings. The van der Waals surface area contributed by atoms with Gasteiger partial charge in [-0.2, -0.15) is 0 Å². The maximum Gasteiger partial charge on any atom is 0.416 e. The van der Waals surface area contributed by atoms with E-state index in [2.05, 4.69) is 35.9 Å². The second-order valence-corrected chi connectivity index (χ2v) is 11.9. The normalized spacial score (nSPS) is 18.4. The molecule has 2 unspecified atom stereocenters. The number of ether oxygens (including phenoxy) is 2. The molecule has 9 heteroatoms. The van der Waals surface area contributed by atoms with Gasteiger partial charge in [0.2, 0.25) is 0 Å². The molecule has 3 aromatic carbocycles. The molecule has 9 nitrogen and oxygen atoms in total. The van der Waals surface area contributed by atoms with Crippen LogP contribution in [0.25, 0.3) is 10.9 Å². The minimum absolute atomic E-state index is 0.213. The van der Waals surface area contributed by atoms with E-state index >= 15 is 0 Å². The van der Waals surface area contributed by atoms with Crippen molar-refractivity contribution in [2.45, 2.75) is 32.4 Å². The van der Waals surface area contributed by atoms with Crippen molar-refractivity contribution in [3.05, 3.63) is 94.7 Å². The van der Waals surface area contributed by atoms with Gasteiger partial charge in [-0.05, 0) is 74.8 Å². The molecule has 226 valence electrons. The lowest BCUT2D eigenvalue weighted by molar-refractivity contribution is 0.0504. The summed E-state index contributed by atoms with van der Waals surface area (Å²) >= 11 is 0. The van der Waals surface area contributed by atoms with Crippen molar-refractivity contribution >= 4 is 17.0 Å². The van der Waals surface area contributed by atoms with Gasteiger partial charge in [-0.15, -0.1) is 0 Å². The topological polar surface area (TPSA) is 96.4 Å². The fourth-order valence-corrected chi connectivity index (χ4v) is 6.20. The van der Waals surface area contributed by atoms with Crippen LogP contribution in [0.2, 0.25) is 0 Å². The van der Waals surface area contributed by atoms with Gasteiger partial charge in [0.15, 0.2) is 0 Å². The summed E-state index contributed by atoms with van der Waals surface area (Å²) < 4.78 is 13.5. The highest BCUT2D eigenvalue weighted by atomic mass is 16.6. The van der Waals surface area contributed by atoms with Gasteiger partial charge in [-0.3, -0.25) is 14.5 Å². The summed E-state index contributed by atoms with van der Waals surface area (Å²) in [6.07, 6.45) is -0.327. The summed E-state index contributed by atoms with van der Waals surface area (Å²) in [7, 11) is 2.12. The number of carbonyl (C=O) groups excluding carboxylic acids is 1. The number of nitrogens with zero attached hydrogens (tertiary/aromatic N) is 4. The highest BCUT2D eigenvalue weighted by molar-refractivity contribution is 5.88. The maximum atomic E-state index is 13.6. The number of likely N-dealkylation sites (N-methyl/N-ethyl adjacent to an activating group) is 1. The van der Waals surface area contributed by atoms with Gasteiger partial charge in [0, 0.05) is 44.7 Å². The molecule has 0 spiro atoms. The molecule has 2 aliphatic heterocycles. The van der Waals surface area contributed by atoms with Crippen LogP contribution >= 0.6 is 0 Å². The van der Waals surface area contributed by atoms with Crippen LogP contribution in [0.5, 0.6) is 11.5 Å². The summed E-state index contributed by atoms with van der Waals surface area (Å²) in [5.41, 5.74) is 6.12. The molecule has 1 aromatic heterocycles. The molecule has 0 aliphatic carbocycles. The fraction of sp³-hybridized carbons (Fsp3) is 0.382. The molecule has 0 radical (unpaired) electrons. The minimum atomic E-state index is -0.576. The first-order valence-electron chi connectivity index (χ1n) is 15.0. The lowest BCUT2D eigenvalue weighted by Gasteiger charge is -2.36. The number of aliphatic hydroxyl groups is 1. The molecule has 3 N–H and O–H groups in total. The summed E-state index contributed by atoms with van der Waals surface area (Å²) in [6.45, 7) is 9.29. The number of nitrogens with two attached hydrogens (primary N) is 1. The highest BCUT2D eigenvalue weighted by Gasteiger charge is 2.37. The molecular formula is C34H41N5O4. The Labute approximate surface area is 253 Å². The summed E-state index contributed by atoms with van der Waals surface area (Å²) in [4.78, 5) is 20.0. The van der Waals surface area contributed by atoms with Crippen molar-refractivity contribution in [2.24, 2.45) is 0 Å². The third-order valence-corrected chi connectivity index (χ3v) is 8.64. The Hall–Kier alpha value is -4.05. The molecule has 43 heavy (non-hydrogen) atoms. The Morgan fingerprint density at radius 3 is 2.33 bits per heavy atom. The van der Waals surface area contributed by atoms with Crippen molar-refractivity contribution in [3.63, 3.8) is 0 Å². The fourth-order valence-electron chi connectivity index (χ4n) is 6.20. The molecule has 0 saturated carbocycles. The zero-order valence-corrected chi connectivity index (χ0v) is 25.2. The van der Waals surface area contributed by atoms with Gasteiger partial charge in [0.25, 0.3) is 0 Å². The average Bonchev–Trinajstić information content (AvgIpc) is 3.29. The first-order chi connectivity index (χ1) is 20.8. The van der Waals surface area contributed by atoms with E-state index in [-0.39, 0.29) is 6.61 Å². The minimum Gasteiger partial charge on any atom is -0.491 e. The van der Waals surface area contributed by atoms with Gasteiger partial charge in [-0.25, -0.2) is 4.79 Å². The predicted octanol–water partition coefficient (Wildman–Crippen LogP) is 4.11. The lowest BCUT2D eigenvalue weighted by Crippen LogP contribution is -2.47. The number of fused-ring (bicyclic) bond motifs is 3. The van der Waals surface area contributed by atoms with Crippen LogP contribution in [-0.4, -0.2) is 89.6 Å². The van der Waals surface area contributed by atoms with E-state index in [9.17, 15) is 9.90 Å². The van der Waals surface area contributed by atoms with Crippen LogP contribution in [0.1, 0.15) is 34.0 Å². The Balaban J connectivity index is 1.24. The number of benzene rings is 3. The Morgan fingerprint density at radius 2 is 1.60 bits per heavy atom. The number of aliphatic hydroxyl groups excluding tert-OH is 1. The predicted molar refractivity (Wildman–Crippen MR) is 168 cm³/mol. The van der Waals surface area contributed by atoms with E-state index in [4.69, 9.17) is 15.3 Å². The zero-order valence-electron chi connectivity index (χ0n) is 25.2. The number of hydrogen-bond acceptors (Lipinski definition) is 7. The van der Waals surface area contributed by atoms with E-state index < -0.39 is 18.2 Å². The molecule has 2 aliphatic rings. The smallest absolute Gasteiger partial charge is 0.416 e. The van der Waals surface area contributed by atoms with Crippen LogP contribution in [0.3, 0.4) is 0 Å². The van der Waals surface area contributed by atoms with Crippen molar-refractivity contribution in [1.29, 1.82) is 0 Å². The molecule has 1 amide bonds. The van der Waals surface area contributed by atoms with Gasteiger partial charge < -0.3 is 25.3 Å². The SMILES string of the molecule is Cc1ccc(OC(=O)N2CCc3c(n(N)c4ccc(C)cc34)C2c2ccc(OCC(O)CN3CCN(C)CC3)cc2)cc1. The van der Waals surface area contributed by atoms with Crippen LogP contribution < -0.4 is 15.3 Å². The zero-order chi connectivity index (χ0) is 30.1. The third-order valence-electron chi connectivity index (χ3n) is 8.64. The van der Waals surface area contributed by atoms with E-state index in [0.29, 0.717) is 31.0 Å². The third kappa shape index (κ3) is 6.20. The highest BCUT2D eigenvalue weighted by Crippen LogP contribution is 2.40. The van der Waals surface area contributed by atoms with E-state index in [1.807, 2.05) is 61.5 Å².